The lowest BCUT2D eigenvalue weighted by molar-refractivity contribution is 0.277. The van der Waals surface area contributed by atoms with Crippen molar-refractivity contribution in [1.29, 1.82) is 0 Å². The fraction of sp³-hybridized carbons (Fsp3) is 0.538. The Morgan fingerprint density at radius 2 is 2.07 bits per heavy atom. The molecule has 0 radical (unpaired) electrons. The Morgan fingerprint density at radius 1 is 1.33 bits per heavy atom. The second kappa shape index (κ2) is 5.76. The number of methoxy groups -OCH3 is 1. The van der Waals surface area contributed by atoms with Gasteiger partial charge in [-0.15, -0.1) is 0 Å². The third kappa shape index (κ3) is 3.92. The highest BCUT2D eigenvalue weighted by Crippen LogP contribution is 2.13. The monoisotopic (exact) mass is 207 g/mol. The highest BCUT2D eigenvalue weighted by atomic mass is 16.5. The molecule has 1 aromatic rings. The number of ether oxygens (including phenoxy) is 1. The Kier molecular flexibility index (Phi) is 4.63. The lowest BCUT2D eigenvalue weighted by atomic mass is 10.1. The third-order valence-corrected chi connectivity index (χ3v) is 2.77. The maximum absolute atomic E-state index is 5.20. The van der Waals surface area contributed by atoms with E-state index in [0.717, 1.165) is 18.7 Å². The Bertz CT molecular complexity index is 296. The van der Waals surface area contributed by atoms with Gasteiger partial charge in [-0.3, -0.25) is 0 Å². The summed E-state index contributed by atoms with van der Waals surface area (Å²) in [4.78, 5) is 2.35. The van der Waals surface area contributed by atoms with Gasteiger partial charge in [0.25, 0.3) is 0 Å². The van der Waals surface area contributed by atoms with Gasteiger partial charge in [-0.25, -0.2) is 0 Å². The van der Waals surface area contributed by atoms with Gasteiger partial charge in [0.05, 0.1) is 7.11 Å². The predicted octanol–water partition coefficient (Wildman–Crippen LogP) is 2.58. The van der Waals surface area contributed by atoms with Crippen molar-refractivity contribution < 1.29 is 4.74 Å². The van der Waals surface area contributed by atoms with E-state index >= 15 is 0 Å². The van der Waals surface area contributed by atoms with Crippen molar-refractivity contribution in [1.82, 2.24) is 4.90 Å². The molecule has 84 valence electrons. The summed E-state index contributed by atoms with van der Waals surface area (Å²) in [6, 6.07) is 8.89. The van der Waals surface area contributed by atoms with Gasteiger partial charge in [0.1, 0.15) is 5.75 Å². The van der Waals surface area contributed by atoms with Gasteiger partial charge < -0.3 is 9.64 Å². The zero-order valence-electron chi connectivity index (χ0n) is 10.2. The van der Waals surface area contributed by atoms with Crippen LogP contribution in [0.3, 0.4) is 0 Å². The van der Waals surface area contributed by atoms with Crippen LogP contribution in [0.2, 0.25) is 0 Å². The third-order valence-electron chi connectivity index (χ3n) is 2.77. The van der Waals surface area contributed by atoms with Gasteiger partial charge in [-0.2, -0.15) is 0 Å². The summed E-state index contributed by atoms with van der Waals surface area (Å²) in [6.07, 6.45) is 1.08. The fourth-order valence-corrected chi connectivity index (χ4v) is 1.39. The molecule has 0 aromatic heterocycles. The normalized spacial score (nSPS) is 11.1. The lowest BCUT2D eigenvalue weighted by Gasteiger charge is -2.20. The molecular weight excluding hydrogens is 186 g/mol. The van der Waals surface area contributed by atoms with Gasteiger partial charge in [0.15, 0.2) is 0 Å². The van der Waals surface area contributed by atoms with Crippen molar-refractivity contribution in [2.24, 2.45) is 0 Å². The Labute approximate surface area is 92.9 Å². The number of benzene rings is 1. The molecule has 0 saturated carbocycles. The first-order valence-electron chi connectivity index (χ1n) is 5.46. The number of nitrogens with zero attached hydrogens (tertiary/aromatic N) is 1. The largest absolute Gasteiger partial charge is 0.497 e. The van der Waals surface area contributed by atoms with Crippen molar-refractivity contribution >= 4 is 0 Å². The summed E-state index contributed by atoms with van der Waals surface area (Å²) < 4.78 is 5.20. The quantitative estimate of drug-likeness (QED) is 0.736. The Morgan fingerprint density at radius 3 is 2.67 bits per heavy atom. The van der Waals surface area contributed by atoms with Crippen LogP contribution in [0, 0.1) is 0 Å². The summed E-state index contributed by atoms with van der Waals surface area (Å²) in [7, 11) is 3.87. The van der Waals surface area contributed by atoms with Gasteiger partial charge in [-0.1, -0.05) is 12.1 Å². The first kappa shape index (κ1) is 12.1. The second-order valence-corrected chi connectivity index (χ2v) is 4.18. The zero-order chi connectivity index (χ0) is 11.3. The van der Waals surface area contributed by atoms with Gasteiger partial charge in [0, 0.05) is 12.6 Å². The minimum absolute atomic E-state index is 0.607. The van der Waals surface area contributed by atoms with Crippen LogP contribution in [-0.2, 0) is 6.42 Å². The van der Waals surface area contributed by atoms with Crippen LogP contribution < -0.4 is 4.74 Å². The van der Waals surface area contributed by atoms with E-state index in [2.05, 4.69) is 37.9 Å². The minimum atomic E-state index is 0.607. The summed E-state index contributed by atoms with van der Waals surface area (Å²) >= 11 is 0. The fourth-order valence-electron chi connectivity index (χ4n) is 1.39. The SMILES string of the molecule is COc1cccc(CCN(C)C(C)C)c1. The van der Waals surface area contributed by atoms with Gasteiger partial charge in [0.2, 0.25) is 0 Å². The van der Waals surface area contributed by atoms with Crippen molar-refractivity contribution in [3.63, 3.8) is 0 Å². The minimum Gasteiger partial charge on any atom is -0.497 e. The smallest absolute Gasteiger partial charge is 0.119 e. The van der Waals surface area contributed by atoms with E-state index in [1.54, 1.807) is 7.11 Å². The van der Waals surface area contributed by atoms with Crippen molar-refractivity contribution in [2.45, 2.75) is 26.3 Å². The van der Waals surface area contributed by atoms with E-state index in [-0.39, 0.29) is 0 Å². The molecule has 2 nitrogen and oxygen atoms in total. The van der Waals surface area contributed by atoms with Crippen LogP contribution in [0.25, 0.3) is 0 Å². The number of hydrogen-bond acceptors (Lipinski definition) is 2. The predicted molar refractivity (Wildman–Crippen MR) is 64.5 cm³/mol. The molecule has 0 unspecified atom stereocenters. The van der Waals surface area contributed by atoms with E-state index in [1.807, 2.05) is 12.1 Å². The molecule has 0 N–H and O–H groups in total. The molecule has 0 bridgehead atoms. The highest BCUT2D eigenvalue weighted by molar-refractivity contribution is 5.28. The van der Waals surface area contributed by atoms with E-state index in [9.17, 15) is 0 Å². The van der Waals surface area contributed by atoms with Crippen LogP contribution in [0.5, 0.6) is 5.75 Å². The Hall–Kier alpha value is -1.02. The Balaban J connectivity index is 2.50. The van der Waals surface area contributed by atoms with Crippen LogP contribution in [0.4, 0.5) is 0 Å². The summed E-state index contributed by atoms with van der Waals surface area (Å²) in [5.74, 6) is 0.944. The molecule has 0 heterocycles. The average molecular weight is 207 g/mol. The van der Waals surface area contributed by atoms with Crippen LogP contribution >= 0.6 is 0 Å². The number of hydrogen-bond donors (Lipinski definition) is 0. The second-order valence-electron chi connectivity index (χ2n) is 4.18. The van der Waals surface area contributed by atoms with Gasteiger partial charge >= 0.3 is 0 Å². The van der Waals surface area contributed by atoms with Crippen LogP contribution in [0.1, 0.15) is 19.4 Å². The van der Waals surface area contributed by atoms with E-state index in [0.29, 0.717) is 6.04 Å². The molecule has 0 saturated heterocycles. The first-order chi connectivity index (χ1) is 7.13. The van der Waals surface area contributed by atoms with E-state index in [1.165, 1.54) is 5.56 Å². The molecule has 1 aromatic carbocycles. The number of likely N-dealkylation sites (N-methyl/N-ethyl adjacent to an activating group) is 1. The van der Waals surface area contributed by atoms with Crippen molar-refractivity contribution in [2.75, 3.05) is 20.7 Å². The maximum atomic E-state index is 5.20. The highest BCUT2D eigenvalue weighted by Gasteiger charge is 2.03. The average Bonchev–Trinajstić information content (AvgIpc) is 2.26. The molecule has 0 aliphatic heterocycles. The van der Waals surface area contributed by atoms with Gasteiger partial charge in [-0.05, 0) is 45.0 Å². The molecule has 0 aliphatic rings. The molecule has 0 atom stereocenters. The van der Waals surface area contributed by atoms with E-state index in [4.69, 9.17) is 4.74 Å². The molecule has 1 rings (SSSR count). The molecular formula is C13H21NO. The van der Waals surface area contributed by atoms with Crippen molar-refractivity contribution in [3.05, 3.63) is 29.8 Å². The molecule has 0 fully saturated rings. The van der Waals surface area contributed by atoms with Crippen molar-refractivity contribution in [3.8, 4) is 5.75 Å². The lowest BCUT2D eigenvalue weighted by Crippen LogP contribution is -2.28. The summed E-state index contributed by atoms with van der Waals surface area (Å²) in [5, 5.41) is 0. The van der Waals surface area contributed by atoms with Crippen LogP contribution in [0.15, 0.2) is 24.3 Å². The standard InChI is InChI=1S/C13H21NO/c1-11(2)14(3)9-8-12-6-5-7-13(10-12)15-4/h5-7,10-11H,8-9H2,1-4H3. The molecule has 0 spiro atoms. The first-order valence-corrected chi connectivity index (χ1v) is 5.46. The molecule has 0 amide bonds. The number of rotatable bonds is 5. The summed E-state index contributed by atoms with van der Waals surface area (Å²) in [5.41, 5.74) is 1.34. The molecule has 2 heteroatoms. The molecule has 15 heavy (non-hydrogen) atoms. The topological polar surface area (TPSA) is 12.5 Å². The summed E-state index contributed by atoms with van der Waals surface area (Å²) in [6.45, 7) is 5.52. The maximum Gasteiger partial charge on any atom is 0.119 e. The van der Waals surface area contributed by atoms with Crippen LogP contribution in [-0.4, -0.2) is 31.6 Å². The zero-order valence-corrected chi connectivity index (χ0v) is 10.2. The van der Waals surface area contributed by atoms with E-state index < -0.39 is 0 Å². The molecule has 0 aliphatic carbocycles.